The fraction of sp³-hybridized carbons (Fsp3) is 0.409. The number of hydrogen-bond acceptors (Lipinski definition) is 7. The first-order chi connectivity index (χ1) is 13.8. The third-order valence-corrected chi connectivity index (χ3v) is 5.71. The van der Waals surface area contributed by atoms with Gasteiger partial charge < -0.3 is 21.1 Å². The number of benzene rings is 1. The van der Waals surface area contributed by atoms with Crippen LogP contribution in [0.5, 0.6) is 0 Å². The fourth-order valence-corrected chi connectivity index (χ4v) is 3.35. The van der Waals surface area contributed by atoms with Crippen molar-refractivity contribution < 1.29 is 5.11 Å². The van der Waals surface area contributed by atoms with E-state index in [2.05, 4.69) is 50.7 Å². The Balaban J connectivity index is 1.63. The van der Waals surface area contributed by atoms with Gasteiger partial charge in [-0.2, -0.15) is 10.2 Å². The molecule has 0 radical (unpaired) electrons. The molecular formula is C22H28N6O. The van der Waals surface area contributed by atoms with Gasteiger partial charge in [-0.15, -0.1) is 0 Å². The molecule has 2 aromatic rings. The predicted octanol–water partition coefficient (Wildman–Crippen LogP) is 2.76. The maximum atomic E-state index is 9.94. The molecule has 1 aromatic carbocycles. The molecule has 3 rings (SSSR count). The highest BCUT2D eigenvalue weighted by Crippen LogP contribution is 2.42. The van der Waals surface area contributed by atoms with Gasteiger partial charge in [0.25, 0.3) is 0 Å². The van der Waals surface area contributed by atoms with Crippen molar-refractivity contribution in [2.24, 2.45) is 5.41 Å². The smallest absolute Gasteiger partial charge is 0.224 e. The summed E-state index contributed by atoms with van der Waals surface area (Å²) < 4.78 is 0. The van der Waals surface area contributed by atoms with E-state index in [-0.39, 0.29) is 17.6 Å². The monoisotopic (exact) mass is 392 g/mol. The molecule has 1 aliphatic carbocycles. The number of aliphatic hydroxyl groups is 1. The second-order valence-corrected chi connectivity index (χ2v) is 7.94. The van der Waals surface area contributed by atoms with Gasteiger partial charge in [0.15, 0.2) is 0 Å². The zero-order valence-electron chi connectivity index (χ0n) is 17.2. The van der Waals surface area contributed by atoms with Crippen LogP contribution in [0, 0.1) is 16.7 Å². The van der Waals surface area contributed by atoms with Crippen LogP contribution in [0.25, 0.3) is 5.70 Å². The van der Waals surface area contributed by atoms with Gasteiger partial charge in [0, 0.05) is 30.7 Å². The zero-order valence-corrected chi connectivity index (χ0v) is 17.2. The minimum absolute atomic E-state index is 0.0652. The highest BCUT2D eigenvalue weighted by atomic mass is 16.3. The Bertz CT molecular complexity index is 933. The third-order valence-electron chi connectivity index (χ3n) is 5.71. The summed E-state index contributed by atoms with van der Waals surface area (Å²) in [5.74, 6) is 0.974. The van der Waals surface area contributed by atoms with Gasteiger partial charge in [0.05, 0.1) is 12.3 Å². The van der Waals surface area contributed by atoms with Crippen LogP contribution in [0.3, 0.4) is 0 Å². The summed E-state index contributed by atoms with van der Waals surface area (Å²) in [5.41, 5.74) is 3.27. The predicted molar refractivity (Wildman–Crippen MR) is 115 cm³/mol. The van der Waals surface area contributed by atoms with E-state index >= 15 is 0 Å². The number of aliphatic hydroxyl groups excluding tert-OH is 1. The largest absolute Gasteiger partial charge is 0.392 e. The van der Waals surface area contributed by atoms with E-state index in [0.29, 0.717) is 30.3 Å². The van der Waals surface area contributed by atoms with Gasteiger partial charge >= 0.3 is 0 Å². The Labute approximate surface area is 171 Å². The summed E-state index contributed by atoms with van der Waals surface area (Å²) in [5, 5.41) is 28.9. The van der Waals surface area contributed by atoms with Gasteiger partial charge in [-0.1, -0.05) is 38.6 Å². The molecule has 0 amide bonds. The van der Waals surface area contributed by atoms with Crippen molar-refractivity contribution in [2.45, 2.75) is 38.8 Å². The molecule has 4 N–H and O–H groups in total. The highest BCUT2D eigenvalue weighted by molar-refractivity contribution is 5.62. The van der Waals surface area contributed by atoms with Crippen molar-refractivity contribution in [1.82, 2.24) is 15.3 Å². The Hall–Kier alpha value is -3.11. The maximum absolute atomic E-state index is 9.94. The Morgan fingerprint density at radius 3 is 2.86 bits per heavy atom. The van der Waals surface area contributed by atoms with Crippen LogP contribution in [0.15, 0.2) is 37.0 Å². The van der Waals surface area contributed by atoms with Crippen LogP contribution in [-0.4, -0.2) is 40.8 Å². The second kappa shape index (κ2) is 8.50. The van der Waals surface area contributed by atoms with Gasteiger partial charge in [0.1, 0.15) is 17.5 Å². The maximum Gasteiger partial charge on any atom is 0.224 e. The van der Waals surface area contributed by atoms with Crippen molar-refractivity contribution in [3.8, 4) is 6.07 Å². The van der Waals surface area contributed by atoms with Crippen LogP contribution >= 0.6 is 0 Å². The van der Waals surface area contributed by atoms with Crippen LogP contribution in [0.1, 0.15) is 37.0 Å². The van der Waals surface area contributed by atoms with Crippen LogP contribution < -0.4 is 16.0 Å². The summed E-state index contributed by atoms with van der Waals surface area (Å²) >= 11 is 0. The van der Waals surface area contributed by atoms with Gasteiger partial charge in [-0.05, 0) is 30.0 Å². The standard InChI is InChI=1S/C22H28N6O/c1-14(24-4)16-7-5-6-15(10-16)8-9-25-21-26-13-17(12-23)20(28-21)27-18-11-19(29)22(18,2)3/h5-7,10,13,18-19,24,29H,1,8-9,11H2,2-4H3,(H2,25,26,27,28)/t18-,19+/m1/s1. The number of aromatic nitrogens is 2. The van der Waals surface area contributed by atoms with Crippen molar-refractivity contribution >= 4 is 17.5 Å². The average molecular weight is 393 g/mol. The molecule has 1 fully saturated rings. The number of nitrogens with one attached hydrogen (secondary N) is 3. The summed E-state index contributed by atoms with van der Waals surface area (Å²) in [6, 6.07) is 10.4. The molecule has 1 aromatic heterocycles. The van der Waals surface area contributed by atoms with Crippen LogP contribution in [-0.2, 0) is 6.42 Å². The molecule has 7 heteroatoms. The van der Waals surface area contributed by atoms with Crippen molar-refractivity contribution in [3.05, 3.63) is 53.7 Å². The van der Waals surface area contributed by atoms with Crippen molar-refractivity contribution in [1.29, 1.82) is 5.26 Å². The van der Waals surface area contributed by atoms with Gasteiger partial charge in [-0.25, -0.2) is 4.98 Å². The lowest BCUT2D eigenvalue weighted by Gasteiger charge is -2.49. The highest BCUT2D eigenvalue weighted by Gasteiger charge is 2.47. The zero-order chi connectivity index (χ0) is 21.0. The van der Waals surface area contributed by atoms with Crippen molar-refractivity contribution in [2.75, 3.05) is 24.2 Å². The molecule has 0 unspecified atom stereocenters. The lowest BCUT2D eigenvalue weighted by Crippen LogP contribution is -2.57. The molecule has 2 atom stereocenters. The number of anilines is 2. The lowest BCUT2D eigenvalue weighted by molar-refractivity contribution is -0.0511. The van der Waals surface area contributed by atoms with E-state index in [1.54, 1.807) is 0 Å². The van der Waals surface area contributed by atoms with Gasteiger partial charge in [-0.3, -0.25) is 0 Å². The number of nitrogens with zero attached hydrogens (tertiary/aromatic N) is 3. The lowest BCUT2D eigenvalue weighted by atomic mass is 9.64. The normalized spacial score (nSPS) is 19.6. The molecule has 0 bridgehead atoms. The van der Waals surface area contributed by atoms with E-state index < -0.39 is 0 Å². The third kappa shape index (κ3) is 4.49. The van der Waals surface area contributed by atoms with Gasteiger partial charge in [0.2, 0.25) is 5.95 Å². The molecule has 1 saturated carbocycles. The minimum atomic E-state index is -0.347. The molecule has 29 heavy (non-hydrogen) atoms. The SMILES string of the molecule is C=C(NC)c1cccc(CCNc2ncc(C#N)c(N[C@@H]3C[C@H](O)C3(C)C)n2)c1. The average Bonchev–Trinajstić information content (AvgIpc) is 2.73. The molecule has 152 valence electrons. The Kier molecular flexibility index (Phi) is 6.04. The van der Waals surface area contributed by atoms with E-state index in [0.717, 1.165) is 17.7 Å². The first-order valence-corrected chi connectivity index (χ1v) is 9.76. The van der Waals surface area contributed by atoms with Crippen molar-refractivity contribution in [3.63, 3.8) is 0 Å². The number of rotatable bonds is 8. The van der Waals surface area contributed by atoms with Crippen LogP contribution in [0.2, 0.25) is 0 Å². The molecule has 7 nitrogen and oxygen atoms in total. The molecule has 1 heterocycles. The quantitative estimate of drug-likeness (QED) is 0.547. The molecule has 0 saturated heterocycles. The fourth-order valence-electron chi connectivity index (χ4n) is 3.35. The summed E-state index contributed by atoms with van der Waals surface area (Å²) in [6.45, 7) is 8.66. The number of hydrogen-bond donors (Lipinski definition) is 4. The summed E-state index contributed by atoms with van der Waals surface area (Å²) in [4.78, 5) is 8.73. The molecule has 0 spiro atoms. The molecular weight excluding hydrogens is 364 g/mol. The van der Waals surface area contributed by atoms with E-state index in [1.807, 2.05) is 33.0 Å². The Morgan fingerprint density at radius 2 is 2.21 bits per heavy atom. The van der Waals surface area contributed by atoms with E-state index in [1.165, 1.54) is 11.8 Å². The molecule has 0 aliphatic heterocycles. The summed E-state index contributed by atoms with van der Waals surface area (Å²) in [7, 11) is 1.86. The van der Waals surface area contributed by atoms with E-state index in [4.69, 9.17) is 0 Å². The van der Waals surface area contributed by atoms with E-state index in [9.17, 15) is 10.4 Å². The summed E-state index contributed by atoms with van der Waals surface area (Å²) in [6.07, 6.45) is 2.62. The first kappa shape index (κ1) is 20.6. The number of nitriles is 1. The molecule has 1 aliphatic rings. The Morgan fingerprint density at radius 1 is 1.41 bits per heavy atom. The topological polar surface area (TPSA) is 106 Å². The van der Waals surface area contributed by atoms with Crippen LogP contribution in [0.4, 0.5) is 11.8 Å². The first-order valence-electron chi connectivity index (χ1n) is 9.76. The second-order valence-electron chi connectivity index (χ2n) is 7.94. The minimum Gasteiger partial charge on any atom is -0.392 e.